The molecule has 19 heavy (non-hydrogen) atoms. The molecule has 1 atom stereocenters. The number of hydrogen-bond acceptors (Lipinski definition) is 4. The van der Waals surface area contributed by atoms with Gasteiger partial charge in [0.2, 0.25) is 5.91 Å². The van der Waals surface area contributed by atoms with Crippen LogP contribution in [0.4, 0.5) is 5.69 Å². The van der Waals surface area contributed by atoms with Crippen LogP contribution in [0, 0.1) is 5.92 Å². The number of ether oxygens (including phenoxy) is 2. The minimum Gasteiger partial charge on any atom is -0.496 e. The Kier molecular flexibility index (Phi) is 6.15. The number of carbonyl (C=O) groups excluding carboxylic acids is 1. The molecular weight excluding hydrogens is 244 g/mol. The molecule has 0 radical (unpaired) electrons. The molecule has 3 N–H and O–H groups in total. The Morgan fingerprint density at radius 2 is 2.16 bits per heavy atom. The third-order valence-corrected chi connectivity index (χ3v) is 2.77. The van der Waals surface area contributed by atoms with E-state index in [0.717, 1.165) is 11.3 Å². The maximum Gasteiger partial charge on any atom is 0.220 e. The van der Waals surface area contributed by atoms with Crippen molar-refractivity contribution in [2.75, 3.05) is 26.6 Å². The van der Waals surface area contributed by atoms with Gasteiger partial charge in [-0.25, -0.2) is 0 Å². The zero-order chi connectivity index (χ0) is 14.3. The van der Waals surface area contributed by atoms with Crippen molar-refractivity contribution < 1.29 is 14.3 Å². The average Bonchev–Trinajstić information content (AvgIpc) is 2.36. The normalized spacial score (nSPS) is 11.9. The molecule has 5 nitrogen and oxygen atoms in total. The van der Waals surface area contributed by atoms with Gasteiger partial charge in [0.25, 0.3) is 0 Å². The quantitative estimate of drug-likeness (QED) is 0.735. The molecule has 1 rings (SSSR count). The molecule has 1 amide bonds. The lowest BCUT2D eigenvalue weighted by Gasteiger charge is -2.12. The van der Waals surface area contributed by atoms with Crippen molar-refractivity contribution in [2.24, 2.45) is 5.92 Å². The van der Waals surface area contributed by atoms with Gasteiger partial charge in [0.05, 0.1) is 7.11 Å². The van der Waals surface area contributed by atoms with Crippen LogP contribution in [0.1, 0.15) is 18.9 Å². The summed E-state index contributed by atoms with van der Waals surface area (Å²) in [4.78, 5) is 11.7. The molecule has 1 unspecified atom stereocenters. The summed E-state index contributed by atoms with van der Waals surface area (Å²) in [5.74, 6) is 0.918. The highest BCUT2D eigenvalue weighted by Gasteiger charge is 2.10. The van der Waals surface area contributed by atoms with Gasteiger partial charge >= 0.3 is 0 Å². The fourth-order valence-electron chi connectivity index (χ4n) is 1.86. The predicted octanol–water partition coefficient (Wildman–Crippen LogP) is 1.57. The van der Waals surface area contributed by atoms with Gasteiger partial charge in [0, 0.05) is 37.9 Å². The van der Waals surface area contributed by atoms with Crippen LogP contribution in [0.15, 0.2) is 18.2 Å². The first-order valence-corrected chi connectivity index (χ1v) is 6.24. The van der Waals surface area contributed by atoms with Gasteiger partial charge in [-0.15, -0.1) is 0 Å². The SMILES string of the molecule is COCC(C)CC(=O)NCc1cc(N)ccc1OC. The summed E-state index contributed by atoms with van der Waals surface area (Å²) in [7, 11) is 3.23. The van der Waals surface area contributed by atoms with Crippen molar-refractivity contribution in [3.8, 4) is 5.75 Å². The highest BCUT2D eigenvalue weighted by Crippen LogP contribution is 2.20. The van der Waals surface area contributed by atoms with Crippen molar-refractivity contribution in [1.82, 2.24) is 5.32 Å². The second kappa shape index (κ2) is 7.63. The smallest absolute Gasteiger partial charge is 0.220 e. The van der Waals surface area contributed by atoms with Crippen LogP contribution in [0.2, 0.25) is 0 Å². The zero-order valence-electron chi connectivity index (χ0n) is 11.7. The molecule has 0 heterocycles. The van der Waals surface area contributed by atoms with E-state index in [1.807, 2.05) is 6.92 Å². The van der Waals surface area contributed by atoms with Crippen LogP contribution >= 0.6 is 0 Å². The van der Waals surface area contributed by atoms with Crippen LogP contribution in [0.25, 0.3) is 0 Å². The third-order valence-electron chi connectivity index (χ3n) is 2.77. The van der Waals surface area contributed by atoms with Crippen LogP contribution in [0.3, 0.4) is 0 Å². The largest absolute Gasteiger partial charge is 0.496 e. The molecule has 0 bridgehead atoms. The summed E-state index contributed by atoms with van der Waals surface area (Å²) in [6.07, 6.45) is 0.443. The van der Waals surface area contributed by atoms with E-state index in [2.05, 4.69) is 5.32 Å². The molecule has 0 aromatic heterocycles. The van der Waals surface area contributed by atoms with Gasteiger partial charge in [-0.3, -0.25) is 4.79 Å². The second-order valence-corrected chi connectivity index (χ2v) is 4.61. The van der Waals surface area contributed by atoms with Crippen molar-refractivity contribution in [1.29, 1.82) is 0 Å². The second-order valence-electron chi connectivity index (χ2n) is 4.61. The Morgan fingerprint density at radius 1 is 1.42 bits per heavy atom. The molecule has 106 valence electrons. The molecule has 0 saturated heterocycles. The van der Waals surface area contributed by atoms with Crippen LogP contribution in [0.5, 0.6) is 5.75 Å². The lowest BCUT2D eigenvalue weighted by Crippen LogP contribution is -2.25. The fourth-order valence-corrected chi connectivity index (χ4v) is 1.86. The number of nitrogen functional groups attached to an aromatic ring is 1. The maximum atomic E-state index is 11.7. The standard InChI is InChI=1S/C14H22N2O3/c1-10(9-18-2)6-14(17)16-8-11-7-12(15)4-5-13(11)19-3/h4-5,7,10H,6,8-9,15H2,1-3H3,(H,16,17). The van der Waals surface area contributed by atoms with Gasteiger partial charge in [0.15, 0.2) is 0 Å². The number of nitrogens with two attached hydrogens (primary N) is 1. The maximum absolute atomic E-state index is 11.7. The third kappa shape index (κ3) is 5.18. The predicted molar refractivity (Wildman–Crippen MR) is 74.9 cm³/mol. The van der Waals surface area contributed by atoms with E-state index in [1.54, 1.807) is 32.4 Å². The molecule has 0 aliphatic heterocycles. The summed E-state index contributed by atoms with van der Waals surface area (Å²) in [6, 6.07) is 5.37. The molecule has 1 aromatic carbocycles. The van der Waals surface area contributed by atoms with Crippen LogP contribution in [-0.2, 0) is 16.1 Å². The first-order valence-electron chi connectivity index (χ1n) is 6.24. The monoisotopic (exact) mass is 266 g/mol. The highest BCUT2D eigenvalue weighted by atomic mass is 16.5. The van der Waals surface area contributed by atoms with Gasteiger partial charge in [0.1, 0.15) is 5.75 Å². The number of amides is 1. The summed E-state index contributed by atoms with van der Waals surface area (Å²) in [5, 5.41) is 2.86. The lowest BCUT2D eigenvalue weighted by molar-refractivity contribution is -0.122. The van der Waals surface area contributed by atoms with Crippen molar-refractivity contribution in [2.45, 2.75) is 19.9 Å². The van der Waals surface area contributed by atoms with E-state index in [0.29, 0.717) is 25.3 Å². The summed E-state index contributed by atoms with van der Waals surface area (Å²) in [6.45, 7) is 2.96. The fraction of sp³-hybridized carbons (Fsp3) is 0.500. The minimum atomic E-state index is -0.00553. The first kappa shape index (κ1) is 15.3. The Bertz CT molecular complexity index is 421. The van der Waals surface area contributed by atoms with E-state index in [4.69, 9.17) is 15.2 Å². The van der Waals surface area contributed by atoms with E-state index in [9.17, 15) is 4.79 Å². The van der Waals surface area contributed by atoms with Crippen LogP contribution in [-0.4, -0.2) is 26.7 Å². The Labute approximate surface area is 114 Å². The topological polar surface area (TPSA) is 73.6 Å². The van der Waals surface area contributed by atoms with Crippen LogP contribution < -0.4 is 15.8 Å². The summed E-state index contributed by atoms with van der Waals surface area (Å²) >= 11 is 0. The number of nitrogens with one attached hydrogen (secondary N) is 1. The average molecular weight is 266 g/mol. The number of benzene rings is 1. The Morgan fingerprint density at radius 3 is 2.79 bits per heavy atom. The molecule has 0 spiro atoms. The highest BCUT2D eigenvalue weighted by molar-refractivity contribution is 5.76. The van der Waals surface area contributed by atoms with E-state index >= 15 is 0 Å². The lowest BCUT2D eigenvalue weighted by atomic mass is 10.1. The number of carbonyl (C=O) groups is 1. The van der Waals surface area contributed by atoms with E-state index < -0.39 is 0 Å². The summed E-state index contributed by atoms with van der Waals surface area (Å²) in [5.41, 5.74) is 7.25. The molecular formula is C14H22N2O3. The van der Waals surface area contributed by atoms with Crippen molar-refractivity contribution >= 4 is 11.6 Å². The number of rotatable bonds is 7. The minimum absolute atomic E-state index is 0.00553. The van der Waals surface area contributed by atoms with Gasteiger partial charge < -0.3 is 20.5 Å². The molecule has 5 heteroatoms. The number of methoxy groups -OCH3 is 2. The van der Waals surface area contributed by atoms with Gasteiger partial charge in [-0.05, 0) is 24.1 Å². The molecule has 0 aliphatic rings. The summed E-state index contributed by atoms with van der Waals surface area (Å²) < 4.78 is 10.2. The molecule has 0 aliphatic carbocycles. The first-order chi connectivity index (χ1) is 9.06. The van der Waals surface area contributed by atoms with Crippen molar-refractivity contribution in [3.63, 3.8) is 0 Å². The molecule has 0 fully saturated rings. The van der Waals surface area contributed by atoms with Gasteiger partial charge in [-0.1, -0.05) is 6.92 Å². The van der Waals surface area contributed by atoms with Gasteiger partial charge in [-0.2, -0.15) is 0 Å². The van der Waals surface area contributed by atoms with Crippen molar-refractivity contribution in [3.05, 3.63) is 23.8 Å². The Balaban J connectivity index is 2.52. The number of hydrogen-bond donors (Lipinski definition) is 2. The van der Waals surface area contributed by atoms with E-state index in [-0.39, 0.29) is 11.8 Å². The molecule has 1 aromatic rings. The van der Waals surface area contributed by atoms with E-state index in [1.165, 1.54) is 0 Å². The zero-order valence-corrected chi connectivity index (χ0v) is 11.7. The Hall–Kier alpha value is -1.75. The number of anilines is 1. The molecule has 0 saturated carbocycles.